The van der Waals surface area contributed by atoms with E-state index in [2.05, 4.69) is 32.7 Å². The summed E-state index contributed by atoms with van der Waals surface area (Å²) >= 11 is 0. The Morgan fingerprint density at radius 3 is 2.48 bits per heavy atom. The van der Waals surface area contributed by atoms with Crippen LogP contribution in [0.2, 0.25) is 0 Å². The number of carbonyl (C=O) groups excluding carboxylic acids is 1. The fourth-order valence-electron chi connectivity index (χ4n) is 2.02. The molecule has 0 atom stereocenters. The van der Waals surface area contributed by atoms with Gasteiger partial charge in [0.05, 0.1) is 6.54 Å². The maximum atomic E-state index is 11.6. The number of carbonyl (C=O) groups is 1. The summed E-state index contributed by atoms with van der Waals surface area (Å²) in [6.45, 7) is 6.91. The van der Waals surface area contributed by atoms with Crippen molar-refractivity contribution in [2.45, 2.75) is 33.2 Å². The zero-order chi connectivity index (χ0) is 16.2. The Labute approximate surface area is 157 Å². The van der Waals surface area contributed by atoms with Crippen molar-refractivity contribution in [3.8, 4) is 0 Å². The monoisotopic (exact) mass is 432 g/mol. The highest BCUT2D eigenvalue weighted by Crippen LogP contribution is 2.03. The van der Waals surface area contributed by atoms with Crippen molar-refractivity contribution in [3.63, 3.8) is 0 Å². The maximum absolute atomic E-state index is 11.6. The van der Waals surface area contributed by atoms with Gasteiger partial charge in [-0.2, -0.15) is 0 Å². The smallest absolute Gasteiger partial charge is 0.221 e. The van der Waals surface area contributed by atoms with E-state index in [0.29, 0.717) is 13.0 Å². The van der Waals surface area contributed by atoms with Crippen molar-refractivity contribution in [2.24, 2.45) is 4.99 Å². The molecule has 0 bridgehead atoms. The van der Waals surface area contributed by atoms with Crippen LogP contribution in [0.5, 0.6) is 0 Å². The number of rotatable bonds is 8. The number of hydrogen-bond acceptors (Lipinski definition) is 2. The van der Waals surface area contributed by atoms with Crippen molar-refractivity contribution < 1.29 is 4.79 Å². The van der Waals surface area contributed by atoms with Crippen LogP contribution in [-0.4, -0.2) is 43.4 Å². The Kier molecular flexibility index (Phi) is 12.4. The second-order valence-electron chi connectivity index (χ2n) is 5.18. The van der Waals surface area contributed by atoms with E-state index < -0.39 is 0 Å². The Hall–Kier alpha value is -1.31. The molecule has 0 aliphatic carbocycles. The minimum Gasteiger partial charge on any atom is -0.357 e. The molecule has 0 aliphatic heterocycles. The van der Waals surface area contributed by atoms with Crippen molar-refractivity contribution in [2.75, 3.05) is 26.7 Å². The van der Waals surface area contributed by atoms with Gasteiger partial charge in [-0.15, -0.1) is 24.0 Å². The van der Waals surface area contributed by atoms with E-state index in [0.717, 1.165) is 32.0 Å². The van der Waals surface area contributed by atoms with Crippen LogP contribution in [0.25, 0.3) is 0 Å². The molecule has 0 radical (unpaired) electrons. The molecule has 0 saturated carbocycles. The van der Waals surface area contributed by atoms with Crippen LogP contribution >= 0.6 is 24.0 Å². The summed E-state index contributed by atoms with van der Waals surface area (Å²) < 4.78 is 0. The number of nitrogens with one attached hydrogen (secondary N) is 2. The third kappa shape index (κ3) is 9.43. The van der Waals surface area contributed by atoms with Gasteiger partial charge in [-0.05, 0) is 18.9 Å². The second-order valence-corrected chi connectivity index (χ2v) is 5.18. The van der Waals surface area contributed by atoms with E-state index in [1.165, 1.54) is 5.56 Å². The number of benzene rings is 1. The van der Waals surface area contributed by atoms with Crippen LogP contribution in [-0.2, 0) is 11.3 Å². The number of nitrogens with zero attached hydrogens (tertiary/aromatic N) is 2. The Morgan fingerprint density at radius 2 is 1.87 bits per heavy atom. The second kappa shape index (κ2) is 13.2. The van der Waals surface area contributed by atoms with E-state index >= 15 is 0 Å². The minimum atomic E-state index is 0. The fraction of sp³-hybridized carbons (Fsp3) is 0.529. The molecule has 0 aliphatic rings. The van der Waals surface area contributed by atoms with Crippen LogP contribution in [0.1, 0.15) is 32.3 Å². The lowest BCUT2D eigenvalue weighted by molar-refractivity contribution is -0.120. The third-order valence-electron chi connectivity index (χ3n) is 3.13. The number of guanidine groups is 1. The Morgan fingerprint density at radius 1 is 1.17 bits per heavy atom. The third-order valence-corrected chi connectivity index (χ3v) is 3.13. The lowest BCUT2D eigenvalue weighted by Crippen LogP contribution is -2.38. The zero-order valence-electron chi connectivity index (χ0n) is 14.3. The summed E-state index contributed by atoms with van der Waals surface area (Å²) in [7, 11) is 2.01. The molecule has 1 aromatic rings. The van der Waals surface area contributed by atoms with E-state index in [1.54, 1.807) is 0 Å². The average molecular weight is 432 g/mol. The van der Waals surface area contributed by atoms with Gasteiger partial charge >= 0.3 is 0 Å². The van der Waals surface area contributed by atoms with Crippen LogP contribution in [0, 0.1) is 0 Å². The largest absolute Gasteiger partial charge is 0.357 e. The van der Waals surface area contributed by atoms with Crippen LogP contribution in [0.4, 0.5) is 0 Å². The van der Waals surface area contributed by atoms with E-state index in [9.17, 15) is 4.79 Å². The lowest BCUT2D eigenvalue weighted by Gasteiger charge is -2.22. The molecule has 1 amide bonds. The van der Waals surface area contributed by atoms with Crippen LogP contribution in [0.15, 0.2) is 35.3 Å². The quantitative estimate of drug-likeness (QED) is 0.377. The predicted molar refractivity (Wildman–Crippen MR) is 107 cm³/mol. The molecule has 130 valence electrons. The van der Waals surface area contributed by atoms with Gasteiger partial charge in [0.1, 0.15) is 0 Å². The van der Waals surface area contributed by atoms with Gasteiger partial charge in [0.15, 0.2) is 5.96 Å². The SMILES string of the molecule is CCCNC(=O)CCN=C(NCC)N(C)Cc1ccccc1.I. The summed E-state index contributed by atoms with van der Waals surface area (Å²) in [4.78, 5) is 18.2. The molecule has 0 spiro atoms. The molecule has 5 nitrogen and oxygen atoms in total. The Bertz CT molecular complexity index is 465. The van der Waals surface area contributed by atoms with Gasteiger partial charge in [0.25, 0.3) is 0 Å². The molecule has 0 saturated heterocycles. The van der Waals surface area contributed by atoms with E-state index in [1.807, 2.05) is 39.1 Å². The molecular weight excluding hydrogens is 403 g/mol. The summed E-state index contributed by atoms with van der Waals surface area (Å²) in [5.74, 6) is 0.891. The summed E-state index contributed by atoms with van der Waals surface area (Å²) in [5.41, 5.74) is 1.23. The Balaban J connectivity index is 0.00000484. The minimum absolute atomic E-state index is 0. The van der Waals surface area contributed by atoms with Gasteiger partial charge in [0, 0.05) is 33.1 Å². The fourth-order valence-corrected chi connectivity index (χ4v) is 2.02. The molecule has 0 fully saturated rings. The van der Waals surface area contributed by atoms with Crippen molar-refractivity contribution in [1.29, 1.82) is 0 Å². The average Bonchev–Trinajstić information content (AvgIpc) is 2.53. The number of halogens is 1. The first-order chi connectivity index (χ1) is 10.7. The van der Waals surface area contributed by atoms with Gasteiger partial charge in [-0.3, -0.25) is 9.79 Å². The summed E-state index contributed by atoms with van der Waals surface area (Å²) in [6, 6.07) is 10.3. The van der Waals surface area contributed by atoms with E-state index in [-0.39, 0.29) is 29.9 Å². The topological polar surface area (TPSA) is 56.7 Å². The number of hydrogen-bond donors (Lipinski definition) is 2. The molecule has 1 aromatic carbocycles. The molecule has 2 N–H and O–H groups in total. The van der Waals surface area contributed by atoms with Gasteiger partial charge in [-0.25, -0.2) is 0 Å². The van der Waals surface area contributed by atoms with E-state index in [4.69, 9.17) is 0 Å². The number of amides is 1. The van der Waals surface area contributed by atoms with Crippen molar-refractivity contribution in [3.05, 3.63) is 35.9 Å². The molecule has 0 unspecified atom stereocenters. The molecular formula is C17H29IN4O. The normalized spacial score (nSPS) is 10.7. The van der Waals surface area contributed by atoms with Crippen molar-refractivity contribution in [1.82, 2.24) is 15.5 Å². The maximum Gasteiger partial charge on any atom is 0.221 e. The molecule has 1 rings (SSSR count). The highest BCUT2D eigenvalue weighted by Gasteiger charge is 2.06. The van der Waals surface area contributed by atoms with Crippen LogP contribution < -0.4 is 10.6 Å². The van der Waals surface area contributed by atoms with Gasteiger partial charge < -0.3 is 15.5 Å². The first-order valence-electron chi connectivity index (χ1n) is 7.97. The van der Waals surface area contributed by atoms with Gasteiger partial charge in [0.2, 0.25) is 5.91 Å². The first kappa shape index (κ1) is 21.7. The highest BCUT2D eigenvalue weighted by molar-refractivity contribution is 14.0. The summed E-state index contributed by atoms with van der Waals surface area (Å²) in [5, 5.41) is 6.13. The standard InChI is InChI=1S/C17H28N4O.HI/c1-4-12-19-16(22)11-13-20-17(18-5-2)21(3)14-15-9-7-6-8-10-15;/h6-10H,4-5,11-14H2,1-3H3,(H,18,20)(H,19,22);1H. The van der Waals surface area contributed by atoms with Crippen molar-refractivity contribution >= 4 is 35.8 Å². The van der Waals surface area contributed by atoms with Gasteiger partial charge in [-0.1, -0.05) is 37.3 Å². The molecule has 0 heterocycles. The number of aliphatic imine (C=N–C) groups is 1. The molecule has 0 aromatic heterocycles. The zero-order valence-corrected chi connectivity index (χ0v) is 16.7. The molecule has 23 heavy (non-hydrogen) atoms. The lowest BCUT2D eigenvalue weighted by atomic mass is 10.2. The predicted octanol–water partition coefficient (Wildman–Crippen LogP) is 2.62. The first-order valence-corrected chi connectivity index (χ1v) is 7.97. The van der Waals surface area contributed by atoms with Crippen LogP contribution in [0.3, 0.4) is 0 Å². The molecule has 6 heteroatoms. The summed E-state index contributed by atoms with van der Waals surface area (Å²) in [6.07, 6.45) is 1.38. The highest BCUT2D eigenvalue weighted by atomic mass is 127.